The second-order valence-electron chi connectivity index (χ2n) is 8.10. The fraction of sp³-hybridized carbons (Fsp3) is 0.304. The van der Waals surface area contributed by atoms with Gasteiger partial charge in [0.05, 0.1) is 27.1 Å². The van der Waals surface area contributed by atoms with Crippen LogP contribution >= 0.6 is 11.3 Å². The minimum absolute atomic E-state index is 0.145. The number of nitrogens with zero attached hydrogens (tertiary/aromatic N) is 2. The summed E-state index contributed by atoms with van der Waals surface area (Å²) in [5.41, 5.74) is 1.99. The van der Waals surface area contributed by atoms with Crippen molar-refractivity contribution >= 4 is 43.6 Å². The Kier molecular flexibility index (Phi) is 5.48. The van der Waals surface area contributed by atoms with Crippen LogP contribution in [0.15, 0.2) is 63.8 Å². The van der Waals surface area contributed by atoms with E-state index in [1.54, 1.807) is 36.5 Å². The highest BCUT2D eigenvalue weighted by Gasteiger charge is 2.34. The smallest absolute Gasteiger partial charge is 0.233 e. The number of hydrogen-bond donors (Lipinski definition) is 1. The highest BCUT2D eigenvalue weighted by Crippen LogP contribution is 2.44. The summed E-state index contributed by atoms with van der Waals surface area (Å²) < 4.78 is 32.0. The maximum absolute atomic E-state index is 13.3. The molecule has 32 heavy (non-hydrogen) atoms. The van der Waals surface area contributed by atoms with E-state index >= 15 is 0 Å². The minimum Gasteiger partial charge on any atom is -0.381 e. The second kappa shape index (κ2) is 8.31. The van der Waals surface area contributed by atoms with Crippen molar-refractivity contribution in [1.82, 2.24) is 4.98 Å². The number of sulfone groups is 1. The van der Waals surface area contributed by atoms with Crippen LogP contribution in [0, 0.1) is 5.92 Å². The molecule has 2 atom stereocenters. The average Bonchev–Trinajstić information content (AvgIpc) is 3.50. The first-order chi connectivity index (χ1) is 15.4. The standard InChI is InChI=1S/C23H23N3O4S2/c1-26-18-4-2-3-5-20(18)32(28,29)21-7-6-16(13-19(21)26)17(12-15-8-10-30-14-15)22(27)25-23-24-9-11-31-23/h2-7,9,11,13,15,17H,8,10,12,14H2,1H3,(H,24,25,27). The number of thiazole rings is 1. The Hall–Kier alpha value is -2.75. The van der Waals surface area contributed by atoms with Crippen molar-refractivity contribution in [1.29, 1.82) is 0 Å². The van der Waals surface area contributed by atoms with Crippen LogP contribution in [0.25, 0.3) is 0 Å². The third-order valence-electron chi connectivity index (χ3n) is 6.12. The zero-order chi connectivity index (χ0) is 22.3. The number of ether oxygens (including phenoxy) is 1. The molecule has 2 unspecified atom stereocenters. The SMILES string of the molecule is CN1c2ccccc2S(=O)(=O)c2ccc(C(CC3CCOC3)C(=O)Nc3nccs3)cc21. The van der Waals surface area contributed by atoms with Crippen LogP contribution in [0.4, 0.5) is 16.5 Å². The molecule has 0 saturated carbocycles. The van der Waals surface area contributed by atoms with E-state index in [2.05, 4.69) is 10.3 Å². The summed E-state index contributed by atoms with van der Waals surface area (Å²) in [6, 6.07) is 12.2. The van der Waals surface area contributed by atoms with E-state index in [1.807, 2.05) is 29.5 Å². The molecule has 1 fully saturated rings. The molecule has 1 amide bonds. The van der Waals surface area contributed by atoms with E-state index in [1.165, 1.54) is 11.3 Å². The first kappa shape index (κ1) is 21.1. The van der Waals surface area contributed by atoms with Gasteiger partial charge in [0.1, 0.15) is 0 Å². The van der Waals surface area contributed by atoms with Gasteiger partial charge >= 0.3 is 0 Å². The van der Waals surface area contributed by atoms with Crippen molar-refractivity contribution in [3.8, 4) is 0 Å². The number of fused-ring (bicyclic) bond motifs is 2. The van der Waals surface area contributed by atoms with Crippen LogP contribution in [-0.2, 0) is 19.4 Å². The molecule has 2 aliphatic heterocycles. The molecule has 9 heteroatoms. The summed E-state index contributed by atoms with van der Waals surface area (Å²) in [5, 5.41) is 5.27. The number of benzene rings is 2. The third-order valence-corrected chi connectivity index (χ3v) is 8.66. The summed E-state index contributed by atoms with van der Waals surface area (Å²) in [7, 11) is -1.78. The number of carbonyl (C=O) groups is 1. The van der Waals surface area contributed by atoms with Crippen molar-refractivity contribution in [2.24, 2.45) is 5.92 Å². The van der Waals surface area contributed by atoms with E-state index in [0.717, 1.165) is 12.0 Å². The zero-order valence-corrected chi connectivity index (χ0v) is 19.2. The van der Waals surface area contributed by atoms with Crippen LogP contribution in [0.5, 0.6) is 0 Å². The maximum atomic E-state index is 13.3. The Balaban J connectivity index is 1.54. The van der Waals surface area contributed by atoms with Crippen molar-refractivity contribution in [3.63, 3.8) is 0 Å². The lowest BCUT2D eigenvalue weighted by atomic mass is 9.87. The summed E-state index contributed by atoms with van der Waals surface area (Å²) in [4.78, 5) is 19.9. The quantitative estimate of drug-likeness (QED) is 0.602. The molecule has 3 aromatic rings. The molecule has 166 valence electrons. The number of aromatic nitrogens is 1. The maximum Gasteiger partial charge on any atom is 0.233 e. The van der Waals surface area contributed by atoms with Gasteiger partial charge in [-0.15, -0.1) is 11.3 Å². The summed E-state index contributed by atoms with van der Waals surface area (Å²) in [6.07, 6.45) is 3.19. The molecular formula is C23H23N3O4S2. The van der Waals surface area contributed by atoms with E-state index < -0.39 is 15.8 Å². The van der Waals surface area contributed by atoms with E-state index in [0.29, 0.717) is 41.0 Å². The molecule has 1 saturated heterocycles. The molecule has 1 N–H and O–H groups in total. The van der Waals surface area contributed by atoms with Gasteiger partial charge in [-0.2, -0.15) is 0 Å². The Bertz CT molecular complexity index is 1250. The Morgan fingerprint density at radius 3 is 2.81 bits per heavy atom. The summed E-state index contributed by atoms with van der Waals surface area (Å²) in [5.74, 6) is -0.307. The number of carbonyl (C=O) groups excluding carboxylic acids is 1. The van der Waals surface area contributed by atoms with Crippen LogP contribution in [0.3, 0.4) is 0 Å². The van der Waals surface area contributed by atoms with Crippen LogP contribution < -0.4 is 10.2 Å². The van der Waals surface area contributed by atoms with Crippen molar-refractivity contribution in [3.05, 3.63) is 59.6 Å². The normalized spacial score (nSPS) is 19.8. The van der Waals surface area contributed by atoms with E-state index in [-0.39, 0.29) is 16.7 Å². The summed E-state index contributed by atoms with van der Waals surface area (Å²) >= 11 is 1.37. The molecule has 7 nitrogen and oxygen atoms in total. The molecule has 3 heterocycles. The van der Waals surface area contributed by atoms with Crippen molar-refractivity contribution in [2.45, 2.75) is 28.6 Å². The monoisotopic (exact) mass is 469 g/mol. The van der Waals surface area contributed by atoms with Gasteiger partial charge in [0.25, 0.3) is 0 Å². The van der Waals surface area contributed by atoms with E-state index in [4.69, 9.17) is 4.74 Å². The number of hydrogen-bond acceptors (Lipinski definition) is 7. The Morgan fingerprint density at radius 1 is 1.25 bits per heavy atom. The van der Waals surface area contributed by atoms with Gasteiger partial charge in [-0.25, -0.2) is 13.4 Å². The number of amides is 1. The fourth-order valence-electron chi connectivity index (χ4n) is 4.42. The van der Waals surface area contributed by atoms with Gasteiger partial charge in [0.15, 0.2) is 5.13 Å². The number of rotatable bonds is 5. The van der Waals surface area contributed by atoms with Crippen molar-refractivity contribution < 1.29 is 17.9 Å². The molecule has 2 aromatic carbocycles. The largest absolute Gasteiger partial charge is 0.381 e. The first-order valence-electron chi connectivity index (χ1n) is 10.4. The lowest BCUT2D eigenvalue weighted by Crippen LogP contribution is -2.26. The van der Waals surface area contributed by atoms with E-state index in [9.17, 15) is 13.2 Å². The molecule has 0 bridgehead atoms. The first-order valence-corrected chi connectivity index (χ1v) is 12.8. The second-order valence-corrected chi connectivity index (χ2v) is 10.9. The van der Waals surface area contributed by atoms with Crippen molar-refractivity contribution in [2.75, 3.05) is 30.5 Å². The molecule has 0 spiro atoms. The predicted octanol–water partition coefficient (Wildman–Crippen LogP) is 4.21. The minimum atomic E-state index is -3.63. The molecule has 1 aromatic heterocycles. The van der Waals surface area contributed by atoms with Crippen LogP contribution in [0.1, 0.15) is 24.3 Å². The number of anilines is 3. The molecule has 0 radical (unpaired) electrons. The van der Waals surface area contributed by atoms with Crippen LogP contribution in [0.2, 0.25) is 0 Å². The predicted molar refractivity (Wildman–Crippen MR) is 123 cm³/mol. The van der Waals surface area contributed by atoms with Gasteiger partial charge < -0.3 is 15.0 Å². The Labute approximate surface area is 191 Å². The highest BCUT2D eigenvalue weighted by atomic mass is 32.2. The van der Waals surface area contributed by atoms with Gasteiger partial charge in [-0.3, -0.25) is 4.79 Å². The number of para-hydroxylation sites is 1. The molecule has 0 aliphatic carbocycles. The zero-order valence-electron chi connectivity index (χ0n) is 17.5. The lowest BCUT2D eigenvalue weighted by Gasteiger charge is -2.31. The average molecular weight is 470 g/mol. The highest BCUT2D eigenvalue weighted by molar-refractivity contribution is 7.92. The number of nitrogens with one attached hydrogen (secondary N) is 1. The topological polar surface area (TPSA) is 88.6 Å². The van der Waals surface area contributed by atoms with Crippen LogP contribution in [-0.4, -0.2) is 39.6 Å². The fourth-order valence-corrected chi connectivity index (χ4v) is 6.65. The van der Waals surface area contributed by atoms with Gasteiger partial charge in [-0.05, 0) is 48.6 Å². The summed E-state index contributed by atoms with van der Waals surface area (Å²) in [6.45, 7) is 1.33. The van der Waals surface area contributed by atoms with Gasteiger partial charge in [0.2, 0.25) is 15.7 Å². The van der Waals surface area contributed by atoms with Gasteiger partial charge in [0, 0.05) is 31.8 Å². The van der Waals surface area contributed by atoms with Gasteiger partial charge in [-0.1, -0.05) is 18.2 Å². The molecule has 2 aliphatic rings. The third kappa shape index (κ3) is 3.70. The molecular weight excluding hydrogens is 446 g/mol. The Morgan fingerprint density at radius 2 is 2.06 bits per heavy atom. The lowest BCUT2D eigenvalue weighted by molar-refractivity contribution is -0.118. The molecule has 5 rings (SSSR count).